The minimum atomic E-state index is -0.420. The van der Waals surface area contributed by atoms with Gasteiger partial charge in [0.25, 0.3) is 0 Å². The molecule has 27 heavy (non-hydrogen) atoms. The number of nitrogens with zero attached hydrogens (tertiary/aromatic N) is 1. The fourth-order valence-corrected chi connectivity index (χ4v) is 2.22. The highest BCUT2D eigenvalue weighted by atomic mass is 16.5. The van der Waals surface area contributed by atoms with Crippen molar-refractivity contribution >= 4 is 17.5 Å². The van der Waals surface area contributed by atoms with E-state index in [9.17, 15) is 9.90 Å². The van der Waals surface area contributed by atoms with E-state index in [1.807, 2.05) is 20.8 Å². The Morgan fingerprint density at radius 2 is 1.59 bits per heavy atom. The third-order valence-corrected chi connectivity index (χ3v) is 3.68. The Morgan fingerprint density at radius 3 is 2.15 bits per heavy atom. The number of phenolic OH excluding ortho intramolecular Hbond substituents is 1. The molecule has 140 valence electrons. The Bertz CT molecular complexity index is 910. The fourth-order valence-electron chi connectivity index (χ4n) is 2.22. The Balaban J connectivity index is 1.56. The van der Waals surface area contributed by atoms with Gasteiger partial charge in [-0.05, 0) is 48.5 Å². The van der Waals surface area contributed by atoms with E-state index < -0.39 is 6.03 Å². The van der Waals surface area contributed by atoms with Gasteiger partial charge in [-0.3, -0.25) is 5.32 Å². The predicted molar refractivity (Wildman–Crippen MR) is 102 cm³/mol. The summed E-state index contributed by atoms with van der Waals surface area (Å²) < 4.78 is 10.9. The molecule has 1 heterocycles. The van der Waals surface area contributed by atoms with Gasteiger partial charge in [-0.1, -0.05) is 25.9 Å². The molecule has 0 aliphatic heterocycles. The van der Waals surface area contributed by atoms with Gasteiger partial charge in [0.15, 0.2) is 5.82 Å². The number of urea groups is 1. The minimum Gasteiger partial charge on any atom is -0.508 e. The van der Waals surface area contributed by atoms with Crippen molar-refractivity contribution in [1.29, 1.82) is 0 Å². The zero-order chi connectivity index (χ0) is 19.4. The summed E-state index contributed by atoms with van der Waals surface area (Å²) in [5, 5.41) is 18.5. The number of aromatic hydroxyl groups is 1. The topological polar surface area (TPSA) is 96.6 Å². The first-order valence-corrected chi connectivity index (χ1v) is 8.42. The molecule has 0 unspecified atom stereocenters. The van der Waals surface area contributed by atoms with Crippen LogP contribution < -0.4 is 15.4 Å². The Morgan fingerprint density at radius 1 is 1.00 bits per heavy atom. The third-order valence-electron chi connectivity index (χ3n) is 3.68. The van der Waals surface area contributed by atoms with Crippen molar-refractivity contribution in [3.63, 3.8) is 0 Å². The number of aromatic nitrogens is 1. The second kappa shape index (κ2) is 7.41. The van der Waals surface area contributed by atoms with E-state index >= 15 is 0 Å². The van der Waals surface area contributed by atoms with Gasteiger partial charge in [0, 0.05) is 17.2 Å². The third kappa shape index (κ3) is 5.01. The molecule has 0 aliphatic carbocycles. The lowest BCUT2D eigenvalue weighted by molar-refractivity contribution is 0.262. The number of nitrogens with one attached hydrogen (secondary N) is 2. The summed E-state index contributed by atoms with van der Waals surface area (Å²) >= 11 is 0. The zero-order valence-corrected chi connectivity index (χ0v) is 15.3. The van der Waals surface area contributed by atoms with Crippen molar-refractivity contribution in [2.45, 2.75) is 26.2 Å². The summed E-state index contributed by atoms with van der Waals surface area (Å²) in [5.74, 6) is 2.43. The molecule has 0 saturated carbocycles. The van der Waals surface area contributed by atoms with Gasteiger partial charge in [0.2, 0.25) is 0 Å². The molecule has 0 spiro atoms. The minimum absolute atomic E-state index is 0.176. The lowest BCUT2D eigenvalue weighted by atomic mass is 9.93. The maximum atomic E-state index is 12.1. The maximum Gasteiger partial charge on any atom is 0.324 e. The van der Waals surface area contributed by atoms with Crippen LogP contribution in [0.3, 0.4) is 0 Å². The molecule has 0 radical (unpaired) electrons. The number of carbonyl (C=O) groups excluding carboxylic acids is 1. The smallest absolute Gasteiger partial charge is 0.324 e. The quantitative estimate of drug-likeness (QED) is 0.595. The molecule has 3 rings (SSSR count). The number of phenols is 1. The van der Waals surface area contributed by atoms with Crippen LogP contribution in [0.5, 0.6) is 17.2 Å². The Hall–Kier alpha value is -3.48. The first-order valence-electron chi connectivity index (χ1n) is 8.42. The van der Waals surface area contributed by atoms with Crippen LogP contribution in [0.1, 0.15) is 26.5 Å². The van der Waals surface area contributed by atoms with E-state index in [0.29, 0.717) is 28.8 Å². The fraction of sp³-hybridized carbons (Fsp3) is 0.200. The van der Waals surface area contributed by atoms with Crippen LogP contribution in [-0.4, -0.2) is 16.3 Å². The SMILES string of the molecule is CC(C)(C)c1cc(NC(=O)Nc2ccc(Oc3ccc(O)cc3)cc2)no1. The number of anilines is 2. The van der Waals surface area contributed by atoms with Crippen LogP contribution in [0.15, 0.2) is 59.1 Å². The average Bonchev–Trinajstić information content (AvgIpc) is 3.07. The molecule has 1 aromatic heterocycles. The van der Waals surface area contributed by atoms with E-state index in [-0.39, 0.29) is 11.2 Å². The van der Waals surface area contributed by atoms with Crippen molar-refractivity contribution in [2.75, 3.05) is 10.6 Å². The van der Waals surface area contributed by atoms with Gasteiger partial charge >= 0.3 is 6.03 Å². The summed E-state index contributed by atoms with van der Waals surface area (Å²) in [7, 11) is 0. The molecule has 0 atom stereocenters. The predicted octanol–water partition coefficient (Wildman–Crippen LogP) is 5.11. The van der Waals surface area contributed by atoms with Crippen molar-refractivity contribution in [1.82, 2.24) is 5.16 Å². The van der Waals surface area contributed by atoms with E-state index in [4.69, 9.17) is 9.26 Å². The molecule has 0 fully saturated rings. The molecule has 7 nitrogen and oxygen atoms in total. The number of rotatable bonds is 4. The average molecular weight is 367 g/mol. The Kier molecular flexibility index (Phi) is 5.03. The molecule has 7 heteroatoms. The van der Waals surface area contributed by atoms with Gasteiger partial charge in [-0.2, -0.15) is 0 Å². The summed E-state index contributed by atoms with van der Waals surface area (Å²) in [5.41, 5.74) is 0.418. The first-order chi connectivity index (χ1) is 12.8. The summed E-state index contributed by atoms with van der Waals surface area (Å²) in [4.78, 5) is 12.1. The van der Waals surface area contributed by atoms with Crippen molar-refractivity contribution in [3.05, 3.63) is 60.4 Å². The monoisotopic (exact) mass is 367 g/mol. The van der Waals surface area contributed by atoms with E-state index in [1.54, 1.807) is 54.6 Å². The number of ether oxygens (including phenoxy) is 1. The second-order valence-electron chi connectivity index (χ2n) is 7.03. The molecule has 0 bridgehead atoms. The molecule has 2 aromatic carbocycles. The highest BCUT2D eigenvalue weighted by Crippen LogP contribution is 2.26. The molecule has 3 N–H and O–H groups in total. The van der Waals surface area contributed by atoms with Gasteiger partial charge < -0.3 is 19.7 Å². The van der Waals surface area contributed by atoms with Gasteiger partial charge in [0.1, 0.15) is 23.0 Å². The molecule has 0 saturated heterocycles. The number of hydrogen-bond donors (Lipinski definition) is 3. The van der Waals surface area contributed by atoms with Crippen molar-refractivity contribution in [3.8, 4) is 17.2 Å². The van der Waals surface area contributed by atoms with E-state index in [2.05, 4.69) is 15.8 Å². The van der Waals surface area contributed by atoms with Crippen molar-refractivity contribution < 1.29 is 19.2 Å². The number of benzene rings is 2. The second-order valence-corrected chi connectivity index (χ2v) is 7.03. The van der Waals surface area contributed by atoms with Gasteiger partial charge in [-0.25, -0.2) is 4.79 Å². The van der Waals surface area contributed by atoms with E-state index in [0.717, 1.165) is 0 Å². The molecule has 2 amide bonds. The Labute approximate surface area is 157 Å². The van der Waals surface area contributed by atoms with Crippen LogP contribution in [0, 0.1) is 0 Å². The largest absolute Gasteiger partial charge is 0.508 e. The summed E-state index contributed by atoms with van der Waals surface area (Å²) in [6, 6.07) is 14.6. The number of carbonyl (C=O) groups is 1. The molecule has 0 aliphatic rings. The lowest BCUT2D eigenvalue weighted by Gasteiger charge is -2.12. The van der Waals surface area contributed by atoms with Gasteiger partial charge in [-0.15, -0.1) is 0 Å². The van der Waals surface area contributed by atoms with Crippen LogP contribution in [-0.2, 0) is 5.41 Å². The molecular formula is C20H21N3O4. The summed E-state index contributed by atoms with van der Waals surface area (Å²) in [6.07, 6.45) is 0. The first kappa shape index (κ1) is 18.3. The number of hydrogen-bond acceptors (Lipinski definition) is 5. The van der Waals surface area contributed by atoms with Crippen LogP contribution in [0.4, 0.5) is 16.3 Å². The molecule has 3 aromatic rings. The highest BCUT2D eigenvalue weighted by Gasteiger charge is 2.20. The number of amides is 2. The summed E-state index contributed by atoms with van der Waals surface area (Å²) in [6.45, 7) is 6.00. The van der Waals surface area contributed by atoms with Gasteiger partial charge in [0.05, 0.1) is 0 Å². The zero-order valence-electron chi connectivity index (χ0n) is 15.3. The molecular weight excluding hydrogens is 346 g/mol. The van der Waals surface area contributed by atoms with Crippen molar-refractivity contribution in [2.24, 2.45) is 0 Å². The van der Waals surface area contributed by atoms with Crippen LogP contribution in [0.2, 0.25) is 0 Å². The standard InChI is InChI=1S/C20H21N3O4/c1-20(2,3)17-12-18(23-27-17)22-19(25)21-13-4-8-15(9-5-13)26-16-10-6-14(24)7-11-16/h4-12,24H,1-3H3,(H2,21,22,23,25). The van der Waals surface area contributed by atoms with Crippen LogP contribution in [0.25, 0.3) is 0 Å². The normalized spacial score (nSPS) is 11.1. The lowest BCUT2D eigenvalue weighted by Crippen LogP contribution is -2.19. The maximum absolute atomic E-state index is 12.1. The van der Waals surface area contributed by atoms with E-state index in [1.165, 1.54) is 0 Å². The van der Waals surface area contributed by atoms with Crippen LogP contribution >= 0.6 is 0 Å². The highest BCUT2D eigenvalue weighted by molar-refractivity contribution is 5.99.